The van der Waals surface area contributed by atoms with Crippen molar-refractivity contribution in [3.8, 4) is 6.07 Å². The first-order chi connectivity index (χ1) is 9.89. The van der Waals surface area contributed by atoms with E-state index in [9.17, 15) is 18.0 Å². The molecule has 0 N–H and O–H groups in total. The molecule has 0 radical (unpaired) electrons. The fourth-order valence-electron chi connectivity index (χ4n) is 2.11. The third kappa shape index (κ3) is 4.16. The summed E-state index contributed by atoms with van der Waals surface area (Å²) in [5.74, 6) is -0.328. The van der Waals surface area contributed by atoms with Gasteiger partial charge in [0, 0.05) is 32.4 Å². The summed E-state index contributed by atoms with van der Waals surface area (Å²) in [6, 6.07) is 4.83. The molecule has 1 aromatic rings. The van der Waals surface area contributed by atoms with E-state index in [1.165, 1.54) is 28.1 Å². The molecule has 0 atom stereocenters. The molecule has 0 aromatic carbocycles. The number of nitrogens with zero attached hydrogens (tertiary/aromatic N) is 4. The number of halogens is 3. The maximum atomic E-state index is 12.3. The number of carbonyl (C=O) groups is 1. The first-order valence-electron chi connectivity index (χ1n) is 6.33. The average molecular weight is 298 g/mol. The molecule has 1 aliphatic rings. The summed E-state index contributed by atoms with van der Waals surface area (Å²) < 4.78 is 36.8. The fraction of sp³-hybridized carbons (Fsp3) is 0.462. The van der Waals surface area contributed by atoms with Crippen molar-refractivity contribution in [1.29, 1.82) is 5.26 Å². The van der Waals surface area contributed by atoms with Crippen LogP contribution in [0.5, 0.6) is 0 Å². The minimum atomic E-state index is -4.22. The van der Waals surface area contributed by atoms with Crippen LogP contribution in [-0.2, 0) is 0 Å². The van der Waals surface area contributed by atoms with Gasteiger partial charge in [-0.05, 0) is 12.1 Å². The first-order valence-corrected chi connectivity index (χ1v) is 6.33. The summed E-state index contributed by atoms with van der Waals surface area (Å²) in [5.41, 5.74) is 0.541. The van der Waals surface area contributed by atoms with Crippen molar-refractivity contribution < 1.29 is 18.0 Å². The topological polar surface area (TPSA) is 60.2 Å². The molecule has 0 saturated carbocycles. The van der Waals surface area contributed by atoms with Crippen LogP contribution in [0.15, 0.2) is 18.3 Å². The lowest BCUT2D eigenvalue weighted by Crippen LogP contribution is -2.51. The van der Waals surface area contributed by atoms with Crippen molar-refractivity contribution in [3.63, 3.8) is 0 Å². The van der Waals surface area contributed by atoms with E-state index in [1.54, 1.807) is 0 Å². The molecule has 1 amide bonds. The maximum Gasteiger partial charge on any atom is 0.401 e. The number of amides is 1. The number of carbonyl (C=O) groups excluding carboxylic acids is 1. The molecule has 2 heterocycles. The predicted octanol–water partition coefficient (Wildman–Crippen LogP) is 1.27. The largest absolute Gasteiger partial charge is 0.401 e. The third-order valence-electron chi connectivity index (χ3n) is 3.17. The van der Waals surface area contributed by atoms with Crippen LogP contribution in [0.25, 0.3) is 0 Å². The van der Waals surface area contributed by atoms with Crippen LogP contribution >= 0.6 is 0 Å². The molecule has 21 heavy (non-hydrogen) atoms. The standard InChI is InChI=1S/C13H13F3N4O/c14-13(15,16)9-19-3-5-20(6-4-19)12(21)11-2-1-10(7-17)8-18-11/h1-2,8H,3-6,9H2. The Hall–Kier alpha value is -2.14. The second-order valence-corrected chi connectivity index (χ2v) is 4.73. The lowest BCUT2D eigenvalue weighted by Gasteiger charge is -2.34. The third-order valence-corrected chi connectivity index (χ3v) is 3.17. The lowest BCUT2D eigenvalue weighted by molar-refractivity contribution is -0.148. The van der Waals surface area contributed by atoms with Gasteiger partial charge >= 0.3 is 6.18 Å². The Morgan fingerprint density at radius 3 is 2.43 bits per heavy atom. The number of hydrogen-bond acceptors (Lipinski definition) is 4. The summed E-state index contributed by atoms with van der Waals surface area (Å²) in [4.78, 5) is 18.8. The fourth-order valence-corrected chi connectivity index (χ4v) is 2.11. The van der Waals surface area contributed by atoms with Crippen molar-refractivity contribution in [1.82, 2.24) is 14.8 Å². The summed E-state index contributed by atoms with van der Waals surface area (Å²) in [6.07, 6.45) is -2.92. The molecule has 1 aliphatic heterocycles. The monoisotopic (exact) mass is 298 g/mol. The lowest BCUT2D eigenvalue weighted by atomic mass is 10.2. The molecule has 5 nitrogen and oxygen atoms in total. The van der Waals surface area contributed by atoms with E-state index >= 15 is 0 Å². The van der Waals surface area contributed by atoms with E-state index < -0.39 is 12.7 Å². The Morgan fingerprint density at radius 2 is 1.95 bits per heavy atom. The molecule has 0 spiro atoms. The summed E-state index contributed by atoms with van der Waals surface area (Å²) >= 11 is 0. The van der Waals surface area contributed by atoms with Gasteiger partial charge in [-0.2, -0.15) is 18.4 Å². The number of aromatic nitrogens is 1. The van der Waals surface area contributed by atoms with Crippen LogP contribution < -0.4 is 0 Å². The average Bonchev–Trinajstić information content (AvgIpc) is 2.46. The zero-order chi connectivity index (χ0) is 15.5. The van der Waals surface area contributed by atoms with Gasteiger partial charge in [0.25, 0.3) is 5.91 Å². The van der Waals surface area contributed by atoms with Gasteiger partial charge in [-0.25, -0.2) is 4.98 Å². The molecule has 2 rings (SSSR count). The van der Waals surface area contributed by atoms with Crippen LogP contribution in [0.2, 0.25) is 0 Å². The SMILES string of the molecule is N#Cc1ccc(C(=O)N2CCN(CC(F)(F)F)CC2)nc1. The van der Waals surface area contributed by atoms with E-state index in [1.807, 2.05) is 6.07 Å². The molecule has 1 saturated heterocycles. The molecule has 1 aromatic heterocycles. The summed E-state index contributed by atoms with van der Waals surface area (Å²) in [5, 5.41) is 8.66. The van der Waals surface area contributed by atoms with Gasteiger partial charge in [-0.1, -0.05) is 0 Å². The molecule has 0 aliphatic carbocycles. The highest BCUT2D eigenvalue weighted by atomic mass is 19.4. The predicted molar refractivity (Wildman–Crippen MR) is 67.4 cm³/mol. The van der Waals surface area contributed by atoms with Crippen molar-refractivity contribution in [2.75, 3.05) is 32.7 Å². The number of piperazine rings is 1. The highest BCUT2D eigenvalue weighted by Crippen LogP contribution is 2.18. The Bertz CT molecular complexity index is 542. The van der Waals surface area contributed by atoms with Crippen LogP contribution in [0.1, 0.15) is 16.1 Å². The highest BCUT2D eigenvalue weighted by molar-refractivity contribution is 5.92. The van der Waals surface area contributed by atoms with Gasteiger partial charge in [-0.3, -0.25) is 9.69 Å². The molecular formula is C13H13F3N4O. The summed E-state index contributed by atoms with van der Waals surface area (Å²) in [6.45, 7) is -0.125. The van der Waals surface area contributed by atoms with Crippen molar-refractivity contribution in [3.05, 3.63) is 29.6 Å². The van der Waals surface area contributed by atoms with Crippen LogP contribution in [0.4, 0.5) is 13.2 Å². The molecule has 0 unspecified atom stereocenters. The van der Waals surface area contributed by atoms with Gasteiger partial charge in [0.2, 0.25) is 0 Å². The van der Waals surface area contributed by atoms with E-state index in [0.717, 1.165) is 0 Å². The normalized spacial score (nSPS) is 16.6. The minimum Gasteiger partial charge on any atom is -0.335 e. The van der Waals surface area contributed by atoms with Gasteiger partial charge in [0.15, 0.2) is 0 Å². The zero-order valence-corrected chi connectivity index (χ0v) is 11.1. The summed E-state index contributed by atoms with van der Waals surface area (Å²) in [7, 11) is 0. The van der Waals surface area contributed by atoms with Gasteiger partial charge in [0.1, 0.15) is 11.8 Å². The Labute approximate surface area is 119 Å². The Kier molecular flexibility index (Phi) is 4.43. The van der Waals surface area contributed by atoms with Crippen LogP contribution in [0.3, 0.4) is 0 Å². The van der Waals surface area contributed by atoms with E-state index in [2.05, 4.69) is 4.98 Å². The van der Waals surface area contributed by atoms with E-state index in [0.29, 0.717) is 5.56 Å². The molecule has 8 heteroatoms. The molecule has 1 fully saturated rings. The number of alkyl halides is 3. The molecule has 112 valence electrons. The number of hydrogen-bond donors (Lipinski definition) is 0. The quantitative estimate of drug-likeness (QED) is 0.825. The van der Waals surface area contributed by atoms with Crippen molar-refractivity contribution in [2.24, 2.45) is 0 Å². The Balaban J connectivity index is 1.92. The number of rotatable bonds is 2. The second kappa shape index (κ2) is 6.10. The van der Waals surface area contributed by atoms with Gasteiger partial charge < -0.3 is 4.90 Å². The number of nitriles is 1. The van der Waals surface area contributed by atoms with Gasteiger partial charge in [0.05, 0.1) is 12.1 Å². The zero-order valence-electron chi connectivity index (χ0n) is 11.1. The smallest absolute Gasteiger partial charge is 0.335 e. The van der Waals surface area contributed by atoms with E-state index in [4.69, 9.17) is 5.26 Å². The highest BCUT2D eigenvalue weighted by Gasteiger charge is 2.33. The van der Waals surface area contributed by atoms with Crippen molar-refractivity contribution in [2.45, 2.75) is 6.18 Å². The second-order valence-electron chi connectivity index (χ2n) is 4.73. The Morgan fingerprint density at radius 1 is 1.29 bits per heavy atom. The van der Waals surface area contributed by atoms with Crippen LogP contribution in [-0.4, -0.2) is 59.6 Å². The number of pyridine rings is 1. The van der Waals surface area contributed by atoms with E-state index in [-0.39, 0.29) is 37.8 Å². The van der Waals surface area contributed by atoms with Crippen molar-refractivity contribution >= 4 is 5.91 Å². The molecular weight excluding hydrogens is 285 g/mol. The van der Waals surface area contributed by atoms with Gasteiger partial charge in [-0.15, -0.1) is 0 Å². The maximum absolute atomic E-state index is 12.3. The molecule has 0 bridgehead atoms. The minimum absolute atomic E-state index is 0.182. The first kappa shape index (κ1) is 15.3. The van der Waals surface area contributed by atoms with Crippen LogP contribution in [0, 0.1) is 11.3 Å².